The van der Waals surface area contributed by atoms with E-state index < -0.39 is 12.8 Å². The molecule has 1 aromatic rings. The Balaban J connectivity index is 2.46. The van der Waals surface area contributed by atoms with Crippen LogP contribution in [0.4, 0.5) is 13.2 Å². The van der Waals surface area contributed by atoms with Crippen molar-refractivity contribution in [2.24, 2.45) is 0 Å². The first-order chi connectivity index (χ1) is 9.09. The molecule has 1 atom stereocenters. The van der Waals surface area contributed by atoms with Gasteiger partial charge in [-0.3, -0.25) is 0 Å². The lowest BCUT2D eigenvalue weighted by Crippen LogP contribution is -2.17. The molecule has 0 aliphatic heterocycles. The van der Waals surface area contributed by atoms with Crippen LogP contribution in [-0.2, 0) is 10.2 Å². The highest BCUT2D eigenvalue weighted by atomic mass is 79.9. The van der Waals surface area contributed by atoms with Gasteiger partial charge < -0.3 is 4.74 Å². The van der Waals surface area contributed by atoms with Gasteiger partial charge in [0.15, 0.2) is 0 Å². The number of hydrogen-bond acceptors (Lipinski definition) is 1. The monoisotopic (exact) mass is 352 g/mol. The fraction of sp³-hybridized carbons (Fsp3) is 0.600. The van der Waals surface area contributed by atoms with Crippen LogP contribution < -0.4 is 0 Å². The molecule has 1 unspecified atom stereocenters. The SMILES string of the molecule is CC(C)(C)c1ccc(C(Br)CCOCC(F)(F)F)cc1. The predicted molar refractivity (Wildman–Crippen MR) is 78.3 cm³/mol. The van der Waals surface area contributed by atoms with Crippen molar-refractivity contribution in [2.45, 2.75) is 43.6 Å². The molecule has 1 rings (SSSR count). The molecule has 0 bridgehead atoms. The van der Waals surface area contributed by atoms with Crippen molar-refractivity contribution in [3.8, 4) is 0 Å². The molecule has 0 aromatic heterocycles. The van der Waals surface area contributed by atoms with E-state index in [4.69, 9.17) is 0 Å². The average molecular weight is 353 g/mol. The van der Waals surface area contributed by atoms with Gasteiger partial charge in [-0.15, -0.1) is 0 Å². The highest BCUT2D eigenvalue weighted by Gasteiger charge is 2.27. The second-order valence-corrected chi connectivity index (χ2v) is 6.90. The first-order valence-corrected chi connectivity index (χ1v) is 7.40. The van der Waals surface area contributed by atoms with Gasteiger partial charge in [0, 0.05) is 11.4 Å². The molecule has 0 saturated heterocycles. The van der Waals surface area contributed by atoms with E-state index in [2.05, 4.69) is 53.6 Å². The quantitative estimate of drug-likeness (QED) is 0.509. The highest BCUT2D eigenvalue weighted by Crippen LogP contribution is 2.29. The number of hydrogen-bond donors (Lipinski definition) is 0. The lowest BCUT2D eigenvalue weighted by Gasteiger charge is -2.20. The third kappa shape index (κ3) is 6.27. The van der Waals surface area contributed by atoms with Gasteiger partial charge in [-0.05, 0) is 23.0 Å². The van der Waals surface area contributed by atoms with Crippen molar-refractivity contribution in [1.82, 2.24) is 0 Å². The van der Waals surface area contributed by atoms with E-state index in [1.165, 1.54) is 5.56 Å². The minimum atomic E-state index is -4.25. The number of rotatable bonds is 5. The zero-order chi connectivity index (χ0) is 15.4. The smallest absolute Gasteiger partial charge is 0.372 e. The van der Waals surface area contributed by atoms with Gasteiger partial charge in [-0.2, -0.15) is 13.2 Å². The van der Waals surface area contributed by atoms with Gasteiger partial charge in [-0.25, -0.2) is 0 Å². The van der Waals surface area contributed by atoms with Crippen LogP contribution in [0.25, 0.3) is 0 Å². The first-order valence-electron chi connectivity index (χ1n) is 6.48. The molecule has 1 aromatic carbocycles. The van der Waals surface area contributed by atoms with Crippen molar-refractivity contribution < 1.29 is 17.9 Å². The van der Waals surface area contributed by atoms with Gasteiger partial charge in [0.2, 0.25) is 0 Å². The maximum atomic E-state index is 11.9. The highest BCUT2D eigenvalue weighted by molar-refractivity contribution is 9.09. The minimum Gasteiger partial charge on any atom is -0.372 e. The molecular weight excluding hydrogens is 333 g/mol. The summed E-state index contributed by atoms with van der Waals surface area (Å²) in [5, 5.41) is 0. The van der Waals surface area contributed by atoms with E-state index in [1.54, 1.807) is 0 Å². The van der Waals surface area contributed by atoms with Crippen LogP contribution in [0.3, 0.4) is 0 Å². The molecule has 0 radical (unpaired) electrons. The molecule has 0 aliphatic carbocycles. The fourth-order valence-corrected chi connectivity index (χ4v) is 2.23. The molecule has 5 heteroatoms. The van der Waals surface area contributed by atoms with Crippen molar-refractivity contribution in [3.05, 3.63) is 35.4 Å². The van der Waals surface area contributed by atoms with Crippen molar-refractivity contribution in [2.75, 3.05) is 13.2 Å². The number of alkyl halides is 4. The summed E-state index contributed by atoms with van der Waals surface area (Å²) >= 11 is 3.48. The Morgan fingerprint density at radius 3 is 2.10 bits per heavy atom. The molecule has 1 nitrogen and oxygen atoms in total. The van der Waals surface area contributed by atoms with Crippen molar-refractivity contribution in [1.29, 1.82) is 0 Å². The first kappa shape index (κ1) is 17.5. The molecule has 0 fully saturated rings. The predicted octanol–water partition coefficient (Wildman–Crippen LogP) is 5.39. The van der Waals surface area contributed by atoms with E-state index in [-0.39, 0.29) is 16.8 Å². The zero-order valence-electron chi connectivity index (χ0n) is 11.9. The zero-order valence-corrected chi connectivity index (χ0v) is 13.5. The summed E-state index contributed by atoms with van der Waals surface area (Å²) in [6.45, 7) is 5.31. The second kappa shape index (κ2) is 6.94. The van der Waals surface area contributed by atoms with Crippen LogP contribution >= 0.6 is 15.9 Å². The van der Waals surface area contributed by atoms with Crippen molar-refractivity contribution >= 4 is 15.9 Å². The van der Waals surface area contributed by atoms with Crippen LogP contribution in [0, 0.1) is 0 Å². The Kier molecular flexibility index (Phi) is 6.07. The van der Waals surface area contributed by atoms with Crippen LogP contribution in [0.1, 0.15) is 43.1 Å². The third-order valence-corrected chi connectivity index (χ3v) is 3.91. The average Bonchev–Trinajstić information content (AvgIpc) is 2.32. The molecule has 0 aliphatic rings. The summed E-state index contributed by atoms with van der Waals surface area (Å²) in [5.41, 5.74) is 2.37. The lowest BCUT2D eigenvalue weighted by molar-refractivity contribution is -0.174. The van der Waals surface area contributed by atoms with E-state index in [9.17, 15) is 13.2 Å². The summed E-state index contributed by atoms with van der Waals surface area (Å²) in [4.78, 5) is 0.00440. The summed E-state index contributed by atoms with van der Waals surface area (Å²) < 4.78 is 40.4. The maximum Gasteiger partial charge on any atom is 0.411 e. The molecule has 0 N–H and O–H groups in total. The molecule has 0 heterocycles. The Bertz CT molecular complexity index is 407. The Hall–Kier alpha value is -0.550. The van der Waals surface area contributed by atoms with Crippen LogP contribution in [0.5, 0.6) is 0 Å². The van der Waals surface area contributed by atoms with Crippen molar-refractivity contribution in [3.63, 3.8) is 0 Å². The number of benzene rings is 1. The molecule has 0 amide bonds. The van der Waals surface area contributed by atoms with Gasteiger partial charge in [0.1, 0.15) is 6.61 Å². The lowest BCUT2D eigenvalue weighted by atomic mass is 9.86. The third-order valence-electron chi connectivity index (χ3n) is 2.92. The van der Waals surface area contributed by atoms with E-state index in [1.807, 2.05) is 12.1 Å². The summed E-state index contributed by atoms with van der Waals surface area (Å²) in [5.74, 6) is 0. The standard InChI is InChI=1S/C15H20BrF3O/c1-14(2,3)12-6-4-11(5-7-12)13(16)8-9-20-10-15(17,18)19/h4-7,13H,8-10H2,1-3H3. The molecule has 20 heavy (non-hydrogen) atoms. The topological polar surface area (TPSA) is 9.23 Å². The molecular formula is C15H20BrF3O. The van der Waals surface area contributed by atoms with Crippen LogP contribution in [0.15, 0.2) is 24.3 Å². The van der Waals surface area contributed by atoms with E-state index >= 15 is 0 Å². The normalized spacial score (nSPS) is 14.3. The van der Waals surface area contributed by atoms with E-state index in [0.29, 0.717) is 6.42 Å². The fourth-order valence-electron chi connectivity index (χ4n) is 1.73. The molecule has 0 saturated carbocycles. The summed E-state index contributed by atoms with van der Waals surface area (Å²) in [7, 11) is 0. The Morgan fingerprint density at radius 2 is 1.65 bits per heavy atom. The summed E-state index contributed by atoms with van der Waals surface area (Å²) in [6.07, 6.45) is -3.75. The van der Waals surface area contributed by atoms with Gasteiger partial charge in [0.05, 0.1) is 0 Å². The molecule has 114 valence electrons. The van der Waals surface area contributed by atoms with Crippen LogP contribution in [0.2, 0.25) is 0 Å². The van der Waals surface area contributed by atoms with Gasteiger partial charge in [0.25, 0.3) is 0 Å². The second-order valence-electron chi connectivity index (χ2n) is 5.80. The van der Waals surface area contributed by atoms with Gasteiger partial charge in [-0.1, -0.05) is 61.0 Å². The minimum absolute atomic E-state index is 0.00440. The van der Waals surface area contributed by atoms with Crippen LogP contribution in [-0.4, -0.2) is 19.4 Å². The van der Waals surface area contributed by atoms with Gasteiger partial charge >= 0.3 is 6.18 Å². The maximum absolute atomic E-state index is 11.9. The largest absolute Gasteiger partial charge is 0.411 e. The van der Waals surface area contributed by atoms with E-state index in [0.717, 1.165) is 5.56 Å². The Labute approximate surface area is 126 Å². The number of ether oxygens (including phenoxy) is 1. The molecule has 0 spiro atoms. The summed E-state index contributed by atoms with van der Waals surface area (Å²) in [6, 6.07) is 8.12. The number of halogens is 4. The Morgan fingerprint density at radius 1 is 1.10 bits per heavy atom.